The third kappa shape index (κ3) is 5.44. The standard InChI is InChI=1S/C20H25NO5S2/c1-25-18(23)15-7-9-21(10-8-15)17(22)13-26-19(24)14-3-5-16(6-4-14)20-27-11-2-12-28-20/h3-6,15,20H,2,7-13H2,1H3. The molecular weight excluding hydrogens is 398 g/mol. The molecule has 0 atom stereocenters. The molecule has 1 aromatic rings. The number of thioether (sulfide) groups is 2. The fourth-order valence-electron chi connectivity index (χ4n) is 3.29. The van der Waals surface area contributed by atoms with Crippen LogP contribution in [0.5, 0.6) is 0 Å². The van der Waals surface area contributed by atoms with Crippen LogP contribution < -0.4 is 0 Å². The molecule has 0 aromatic heterocycles. The summed E-state index contributed by atoms with van der Waals surface area (Å²) in [5.41, 5.74) is 1.66. The molecule has 8 heteroatoms. The molecule has 0 aliphatic carbocycles. The van der Waals surface area contributed by atoms with Gasteiger partial charge in [0, 0.05) is 13.1 Å². The van der Waals surface area contributed by atoms with Crippen LogP contribution in [-0.2, 0) is 19.1 Å². The lowest BCUT2D eigenvalue weighted by molar-refractivity contribution is -0.149. The molecule has 2 heterocycles. The van der Waals surface area contributed by atoms with Gasteiger partial charge < -0.3 is 14.4 Å². The highest BCUT2D eigenvalue weighted by molar-refractivity contribution is 8.16. The highest BCUT2D eigenvalue weighted by Gasteiger charge is 2.28. The predicted octanol–water partition coefficient (Wildman–Crippen LogP) is 3.12. The molecule has 152 valence electrons. The molecule has 3 rings (SSSR count). The number of hydrogen-bond donors (Lipinski definition) is 0. The average Bonchev–Trinajstić information content (AvgIpc) is 2.77. The summed E-state index contributed by atoms with van der Waals surface area (Å²) in [5.74, 6) is 1.22. The second-order valence-corrected chi connectivity index (χ2v) is 9.53. The number of methoxy groups -OCH3 is 1. The predicted molar refractivity (Wildman–Crippen MR) is 110 cm³/mol. The lowest BCUT2D eigenvalue weighted by Crippen LogP contribution is -2.42. The first-order chi connectivity index (χ1) is 13.6. The average molecular weight is 424 g/mol. The molecule has 2 fully saturated rings. The van der Waals surface area contributed by atoms with E-state index in [1.54, 1.807) is 17.0 Å². The van der Waals surface area contributed by atoms with Gasteiger partial charge in [0.2, 0.25) is 0 Å². The largest absolute Gasteiger partial charge is 0.469 e. The van der Waals surface area contributed by atoms with Gasteiger partial charge in [-0.25, -0.2) is 4.79 Å². The molecule has 2 aliphatic rings. The number of piperidine rings is 1. The summed E-state index contributed by atoms with van der Waals surface area (Å²) in [6.07, 6.45) is 2.39. The van der Waals surface area contributed by atoms with Crippen LogP contribution in [0.15, 0.2) is 24.3 Å². The number of benzene rings is 1. The second kappa shape index (κ2) is 10.2. The van der Waals surface area contributed by atoms with Crippen molar-refractivity contribution < 1.29 is 23.9 Å². The lowest BCUT2D eigenvalue weighted by atomic mass is 9.97. The summed E-state index contributed by atoms with van der Waals surface area (Å²) in [4.78, 5) is 37.7. The van der Waals surface area contributed by atoms with E-state index in [1.165, 1.54) is 30.6 Å². The maximum Gasteiger partial charge on any atom is 0.338 e. The normalized spacial score (nSPS) is 18.5. The van der Waals surface area contributed by atoms with E-state index in [2.05, 4.69) is 0 Å². The highest BCUT2D eigenvalue weighted by atomic mass is 32.2. The van der Waals surface area contributed by atoms with Crippen LogP contribution >= 0.6 is 23.5 Å². The summed E-state index contributed by atoms with van der Waals surface area (Å²) in [5, 5.41) is 0. The first-order valence-electron chi connectivity index (χ1n) is 9.44. The minimum Gasteiger partial charge on any atom is -0.469 e. The number of nitrogens with zero attached hydrogens (tertiary/aromatic N) is 1. The van der Waals surface area contributed by atoms with E-state index >= 15 is 0 Å². The van der Waals surface area contributed by atoms with Gasteiger partial charge in [0.15, 0.2) is 6.61 Å². The highest BCUT2D eigenvalue weighted by Crippen LogP contribution is 2.43. The monoisotopic (exact) mass is 423 g/mol. The van der Waals surface area contributed by atoms with Crippen molar-refractivity contribution >= 4 is 41.4 Å². The van der Waals surface area contributed by atoms with Gasteiger partial charge in [-0.05, 0) is 48.5 Å². The molecule has 1 aromatic carbocycles. The van der Waals surface area contributed by atoms with Crippen molar-refractivity contribution in [3.63, 3.8) is 0 Å². The van der Waals surface area contributed by atoms with Crippen molar-refractivity contribution in [3.05, 3.63) is 35.4 Å². The molecule has 1 amide bonds. The van der Waals surface area contributed by atoms with Crippen molar-refractivity contribution in [2.75, 3.05) is 38.3 Å². The number of ether oxygens (including phenoxy) is 2. The topological polar surface area (TPSA) is 72.9 Å². The van der Waals surface area contributed by atoms with Crippen LogP contribution in [0, 0.1) is 5.92 Å². The van der Waals surface area contributed by atoms with Crippen molar-refractivity contribution in [1.29, 1.82) is 0 Å². The Morgan fingerprint density at radius 3 is 2.32 bits per heavy atom. The van der Waals surface area contributed by atoms with Gasteiger partial charge in [0.1, 0.15) is 0 Å². The zero-order chi connectivity index (χ0) is 19.9. The van der Waals surface area contributed by atoms with Crippen LogP contribution in [0.3, 0.4) is 0 Å². The lowest BCUT2D eigenvalue weighted by Gasteiger charge is -2.30. The molecule has 0 saturated carbocycles. The van der Waals surface area contributed by atoms with Crippen LogP contribution in [0.1, 0.15) is 39.8 Å². The number of esters is 2. The molecule has 28 heavy (non-hydrogen) atoms. The number of carbonyl (C=O) groups excluding carboxylic acids is 3. The fraction of sp³-hybridized carbons (Fsp3) is 0.550. The van der Waals surface area contributed by atoms with Gasteiger partial charge in [-0.2, -0.15) is 0 Å². The Bertz CT molecular complexity index is 695. The molecule has 2 saturated heterocycles. The number of hydrogen-bond acceptors (Lipinski definition) is 7. The fourth-order valence-corrected chi connectivity index (χ4v) is 6.18. The molecule has 0 unspecified atom stereocenters. The summed E-state index contributed by atoms with van der Waals surface area (Å²) >= 11 is 3.86. The number of amides is 1. The van der Waals surface area contributed by atoms with E-state index in [4.69, 9.17) is 9.47 Å². The van der Waals surface area contributed by atoms with Crippen molar-refractivity contribution in [2.24, 2.45) is 5.92 Å². The van der Waals surface area contributed by atoms with Crippen LogP contribution in [0.2, 0.25) is 0 Å². The Kier molecular flexibility index (Phi) is 7.67. The SMILES string of the molecule is COC(=O)C1CCN(C(=O)COC(=O)c2ccc(C3SCCCS3)cc2)CC1. The van der Waals surface area contributed by atoms with Gasteiger partial charge in [-0.15, -0.1) is 23.5 Å². The third-order valence-electron chi connectivity index (χ3n) is 4.95. The summed E-state index contributed by atoms with van der Waals surface area (Å²) < 4.78 is 10.4. The van der Waals surface area contributed by atoms with Gasteiger partial charge in [-0.3, -0.25) is 9.59 Å². The van der Waals surface area contributed by atoms with Crippen LogP contribution in [0.4, 0.5) is 0 Å². The Hall–Kier alpha value is -1.67. The number of carbonyl (C=O) groups is 3. The van der Waals surface area contributed by atoms with E-state index in [0.29, 0.717) is 36.1 Å². The molecule has 2 aliphatic heterocycles. The molecule has 0 bridgehead atoms. The van der Waals surface area contributed by atoms with E-state index in [0.717, 1.165) is 0 Å². The Balaban J connectivity index is 1.45. The Morgan fingerprint density at radius 2 is 1.71 bits per heavy atom. The van der Waals surface area contributed by atoms with Gasteiger partial charge in [0.05, 0.1) is 23.2 Å². The molecule has 0 spiro atoms. The van der Waals surface area contributed by atoms with Gasteiger partial charge in [-0.1, -0.05) is 12.1 Å². The first-order valence-corrected chi connectivity index (χ1v) is 11.5. The first kappa shape index (κ1) is 21.0. The maximum absolute atomic E-state index is 12.3. The Morgan fingerprint density at radius 1 is 1.07 bits per heavy atom. The molecule has 6 nitrogen and oxygen atoms in total. The molecule has 0 N–H and O–H groups in total. The minimum absolute atomic E-state index is 0.157. The summed E-state index contributed by atoms with van der Waals surface area (Å²) in [6, 6.07) is 7.46. The van der Waals surface area contributed by atoms with Crippen molar-refractivity contribution in [3.8, 4) is 0 Å². The van der Waals surface area contributed by atoms with Crippen molar-refractivity contribution in [1.82, 2.24) is 4.90 Å². The third-order valence-corrected chi connectivity index (χ3v) is 7.97. The quantitative estimate of drug-likeness (QED) is 0.674. The Labute approximate surface area is 173 Å². The van der Waals surface area contributed by atoms with Crippen LogP contribution in [-0.4, -0.2) is 61.1 Å². The van der Waals surface area contributed by atoms with E-state index < -0.39 is 5.97 Å². The maximum atomic E-state index is 12.3. The summed E-state index contributed by atoms with van der Waals surface area (Å²) in [7, 11) is 1.37. The van der Waals surface area contributed by atoms with E-state index in [1.807, 2.05) is 35.7 Å². The second-order valence-electron chi connectivity index (χ2n) is 6.80. The molecule has 0 radical (unpaired) electrons. The number of likely N-dealkylation sites (tertiary alicyclic amines) is 1. The van der Waals surface area contributed by atoms with Crippen LogP contribution in [0.25, 0.3) is 0 Å². The minimum atomic E-state index is -0.492. The smallest absolute Gasteiger partial charge is 0.338 e. The zero-order valence-electron chi connectivity index (χ0n) is 15.9. The van der Waals surface area contributed by atoms with E-state index in [-0.39, 0.29) is 24.4 Å². The zero-order valence-corrected chi connectivity index (χ0v) is 17.6. The molecular formula is C20H25NO5S2. The van der Waals surface area contributed by atoms with Gasteiger partial charge in [0.25, 0.3) is 5.91 Å². The van der Waals surface area contributed by atoms with E-state index in [9.17, 15) is 14.4 Å². The van der Waals surface area contributed by atoms with Gasteiger partial charge >= 0.3 is 11.9 Å². The van der Waals surface area contributed by atoms with Crippen molar-refractivity contribution in [2.45, 2.75) is 23.8 Å². The number of rotatable bonds is 5. The summed E-state index contributed by atoms with van der Waals surface area (Å²) in [6.45, 7) is 0.668.